The predicted molar refractivity (Wildman–Crippen MR) is 80.7 cm³/mol. The normalized spacial score (nSPS) is 22.6. The Bertz CT molecular complexity index is 486. The standard InChI is InChI=1S/C6H20N2O12P4/c1-21(9,10)17-7(18-22(2,11)12)5-6-8(19-23(3,13)14)20-24(4,15)16/h5-6H2,1-4H3,(H,9,10)(H,11,12)(H,13,14)(H,15,16). The van der Waals surface area contributed by atoms with Crippen molar-refractivity contribution in [2.75, 3.05) is 39.7 Å². The van der Waals surface area contributed by atoms with Gasteiger partial charge in [0.25, 0.3) is 0 Å². The lowest BCUT2D eigenvalue weighted by atomic mass is 10.7. The second kappa shape index (κ2) is 8.94. The highest BCUT2D eigenvalue weighted by Gasteiger charge is 2.29. The summed E-state index contributed by atoms with van der Waals surface area (Å²) >= 11 is 0. The molecule has 0 aliphatic carbocycles. The van der Waals surface area contributed by atoms with Crippen molar-refractivity contribution in [2.45, 2.75) is 0 Å². The predicted octanol–water partition coefficient (Wildman–Crippen LogP) is 0.578. The molecule has 4 atom stereocenters. The number of nitrogens with zero attached hydrogens (tertiary/aromatic N) is 2. The second-order valence-corrected chi connectivity index (χ2v) is 11.7. The zero-order valence-corrected chi connectivity index (χ0v) is 16.7. The van der Waals surface area contributed by atoms with Crippen molar-refractivity contribution in [3.63, 3.8) is 0 Å². The molecule has 14 nitrogen and oxygen atoms in total. The Labute approximate surface area is 137 Å². The van der Waals surface area contributed by atoms with Gasteiger partial charge in [-0.15, -0.1) is 0 Å². The Kier molecular flexibility index (Phi) is 9.14. The van der Waals surface area contributed by atoms with Crippen molar-refractivity contribution < 1.29 is 56.3 Å². The molecular formula is C6H20N2O12P4. The van der Waals surface area contributed by atoms with Crippen molar-refractivity contribution in [2.24, 2.45) is 0 Å². The molecule has 0 rings (SSSR count). The molecule has 0 aromatic rings. The molecule has 0 bridgehead atoms. The molecule has 24 heavy (non-hydrogen) atoms. The van der Waals surface area contributed by atoms with Gasteiger partial charge in [-0.05, 0) is 10.5 Å². The van der Waals surface area contributed by atoms with Crippen LogP contribution in [0, 0.1) is 0 Å². The van der Waals surface area contributed by atoms with E-state index in [0.717, 1.165) is 26.7 Å². The molecule has 4 unspecified atom stereocenters. The minimum Gasteiger partial charge on any atom is -0.323 e. The average Bonchev–Trinajstić information content (AvgIpc) is 2.16. The lowest BCUT2D eigenvalue weighted by molar-refractivity contribution is -0.303. The first-order valence-corrected chi connectivity index (χ1v) is 14.0. The molecule has 0 heterocycles. The van der Waals surface area contributed by atoms with E-state index in [1.165, 1.54) is 0 Å². The molecule has 0 radical (unpaired) electrons. The van der Waals surface area contributed by atoms with E-state index in [1.54, 1.807) is 0 Å². The lowest BCUT2D eigenvalue weighted by Crippen LogP contribution is -2.33. The summed E-state index contributed by atoms with van der Waals surface area (Å²) in [5, 5.41) is 0.300. The fraction of sp³-hybridized carbons (Fsp3) is 1.00. The van der Waals surface area contributed by atoms with Crippen LogP contribution in [-0.4, -0.2) is 69.8 Å². The summed E-state index contributed by atoms with van der Waals surface area (Å²) < 4.78 is 62.5. The summed E-state index contributed by atoms with van der Waals surface area (Å²) in [6.07, 6.45) is 0. The van der Waals surface area contributed by atoms with Gasteiger partial charge in [0.2, 0.25) is 0 Å². The van der Waals surface area contributed by atoms with Gasteiger partial charge in [0.15, 0.2) is 0 Å². The third-order valence-electron chi connectivity index (χ3n) is 1.44. The molecule has 0 saturated carbocycles. The Morgan fingerprint density at radius 1 is 0.583 bits per heavy atom. The molecule has 0 aromatic carbocycles. The Balaban J connectivity index is 5.07. The molecule has 0 saturated heterocycles. The molecule has 18 heteroatoms. The van der Waals surface area contributed by atoms with Gasteiger partial charge in [0.1, 0.15) is 0 Å². The first kappa shape index (κ1) is 24.5. The van der Waals surface area contributed by atoms with Crippen molar-refractivity contribution in [3.8, 4) is 0 Å². The third-order valence-corrected chi connectivity index (χ3v) is 3.38. The lowest BCUT2D eigenvalue weighted by Gasteiger charge is -2.26. The van der Waals surface area contributed by atoms with Crippen LogP contribution in [0.4, 0.5) is 0 Å². The number of rotatable bonds is 11. The van der Waals surface area contributed by atoms with Crippen LogP contribution in [0.15, 0.2) is 0 Å². The monoisotopic (exact) mass is 436 g/mol. The van der Waals surface area contributed by atoms with Crippen molar-refractivity contribution in [1.82, 2.24) is 10.5 Å². The van der Waals surface area contributed by atoms with E-state index in [-0.39, 0.29) is 10.5 Å². The highest BCUT2D eigenvalue weighted by Crippen LogP contribution is 2.45. The third kappa shape index (κ3) is 16.0. The smallest absolute Gasteiger partial charge is 0.323 e. The van der Waals surface area contributed by atoms with Crippen molar-refractivity contribution in [1.29, 1.82) is 0 Å². The molecule has 146 valence electrons. The Morgan fingerprint density at radius 2 is 0.750 bits per heavy atom. The maximum absolute atomic E-state index is 11.2. The van der Waals surface area contributed by atoms with Crippen LogP contribution in [0.2, 0.25) is 0 Å². The number of hydroxylamine groups is 4. The maximum Gasteiger partial charge on any atom is 0.343 e. The first-order valence-electron chi connectivity index (χ1n) is 5.91. The summed E-state index contributed by atoms with van der Waals surface area (Å²) in [6.45, 7) is 1.72. The van der Waals surface area contributed by atoms with E-state index in [4.69, 9.17) is 19.6 Å². The van der Waals surface area contributed by atoms with E-state index in [0.29, 0.717) is 0 Å². The quantitative estimate of drug-likeness (QED) is 0.259. The van der Waals surface area contributed by atoms with Crippen molar-refractivity contribution >= 4 is 30.4 Å². The molecule has 0 aromatic heterocycles. The van der Waals surface area contributed by atoms with Gasteiger partial charge in [0, 0.05) is 26.7 Å². The van der Waals surface area contributed by atoms with E-state index < -0.39 is 43.5 Å². The Hall–Kier alpha value is 0.520. The molecule has 4 N–H and O–H groups in total. The minimum absolute atomic E-state index is 0.150. The van der Waals surface area contributed by atoms with Gasteiger partial charge in [-0.2, -0.15) is 18.5 Å². The Morgan fingerprint density at radius 3 is 0.875 bits per heavy atom. The molecule has 0 spiro atoms. The summed E-state index contributed by atoms with van der Waals surface area (Å²) in [4.78, 5) is 36.5. The van der Waals surface area contributed by atoms with Gasteiger partial charge in [0.05, 0.1) is 13.1 Å². The molecule has 0 aliphatic rings. The molecule has 0 aliphatic heterocycles. The van der Waals surface area contributed by atoms with E-state index in [1.807, 2.05) is 0 Å². The molecular weight excluding hydrogens is 416 g/mol. The van der Waals surface area contributed by atoms with Gasteiger partial charge < -0.3 is 19.6 Å². The highest BCUT2D eigenvalue weighted by atomic mass is 31.2. The van der Waals surface area contributed by atoms with Crippen LogP contribution >= 0.6 is 30.4 Å². The molecule has 0 fully saturated rings. The SMILES string of the molecule is CP(=O)(O)ON(CCN(OP(C)(=O)O)OP(C)(=O)O)OP(C)(=O)O. The van der Waals surface area contributed by atoms with Crippen LogP contribution in [0.25, 0.3) is 0 Å². The summed E-state index contributed by atoms with van der Waals surface area (Å²) in [5.41, 5.74) is 0. The zero-order chi connectivity index (χ0) is 19.4. The second-order valence-electron chi connectivity index (χ2n) is 4.65. The summed E-state index contributed by atoms with van der Waals surface area (Å²) in [5.74, 6) is 0. The maximum atomic E-state index is 11.2. The van der Waals surface area contributed by atoms with Gasteiger partial charge in [-0.25, -0.2) is 0 Å². The fourth-order valence-electron chi connectivity index (χ4n) is 1.03. The largest absolute Gasteiger partial charge is 0.343 e. The van der Waals surface area contributed by atoms with Gasteiger partial charge in [-0.1, -0.05) is 0 Å². The van der Waals surface area contributed by atoms with Crippen LogP contribution in [0.1, 0.15) is 0 Å². The fourth-order valence-corrected chi connectivity index (χ4v) is 2.95. The highest BCUT2D eigenvalue weighted by molar-refractivity contribution is 7.53. The van der Waals surface area contributed by atoms with E-state index >= 15 is 0 Å². The zero-order valence-electron chi connectivity index (χ0n) is 13.2. The van der Waals surface area contributed by atoms with Crippen molar-refractivity contribution in [3.05, 3.63) is 0 Å². The minimum atomic E-state index is -4.19. The van der Waals surface area contributed by atoms with Crippen LogP contribution in [-0.2, 0) is 36.8 Å². The molecule has 0 amide bonds. The van der Waals surface area contributed by atoms with E-state index in [2.05, 4.69) is 18.5 Å². The summed E-state index contributed by atoms with van der Waals surface area (Å²) in [7, 11) is -16.8. The van der Waals surface area contributed by atoms with Crippen LogP contribution < -0.4 is 0 Å². The number of hydrogen-bond acceptors (Lipinski definition) is 10. The average molecular weight is 436 g/mol. The topological polar surface area (TPSA) is 193 Å². The summed E-state index contributed by atoms with van der Waals surface area (Å²) in [6, 6.07) is 0. The van der Waals surface area contributed by atoms with Crippen LogP contribution in [0.5, 0.6) is 0 Å². The van der Waals surface area contributed by atoms with E-state index in [9.17, 15) is 18.3 Å². The van der Waals surface area contributed by atoms with Gasteiger partial charge >= 0.3 is 30.4 Å². The van der Waals surface area contributed by atoms with Gasteiger partial charge in [-0.3, -0.25) is 18.3 Å². The van der Waals surface area contributed by atoms with Crippen LogP contribution in [0.3, 0.4) is 0 Å². The number of hydrogen-bond donors (Lipinski definition) is 4. The first-order chi connectivity index (χ1) is 10.4.